The van der Waals surface area contributed by atoms with E-state index in [0.717, 1.165) is 36.3 Å². The van der Waals surface area contributed by atoms with Crippen LogP contribution >= 0.6 is 0 Å². The monoisotopic (exact) mass is 401 g/mol. The lowest BCUT2D eigenvalue weighted by molar-refractivity contribution is 0.184. The molecule has 1 aliphatic carbocycles. The first-order valence-corrected chi connectivity index (χ1v) is 10.4. The quantitative estimate of drug-likeness (QED) is 0.668. The molecule has 0 aliphatic heterocycles. The van der Waals surface area contributed by atoms with Crippen LogP contribution in [0.5, 0.6) is 5.75 Å². The molecule has 1 atom stereocenters. The minimum absolute atomic E-state index is 0.0325. The van der Waals surface area contributed by atoms with E-state index in [1.807, 2.05) is 54.4 Å². The van der Waals surface area contributed by atoms with Gasteiger partial charge in [0.25, 0.3) is 0 Å². The zero-order valence-electron chi connectivity index (χ0n) is 17.3. The maximum atomic E-state index is 12.6. The third kappa shape index (κ3) is 4.98. The Bertz CT molecular complexity index is 973. The Labute approximate surface area is 177 Å². The Kier molecular flexibility index (Phi) is 6.28. The number of pyridine rings is 1. The highest BCUT2D eigenvalue weighted by Crippen LogP contribution is 2.24. The van der Waals surface area contributed by atoms with Crippen LogP contribution < -0.4 is 10.1 Å². The Morgan fingerprint density at radius 1 is 1.07 bits per heavy atom. The molecule has 4 rings (SSSR count). The second-order valence-corrected chi connectivity index (χ2v) is 7.69. The third-order valence-electron chi connectivity index (χ3n) is 5.67. The number of nitrogens with zero attached hydrogens (tertiary/aromatic N) is 2. The molecule has 5 heteroatoms. The predicted molar refractivity (Wildman–Crippen MR) is 117 cm³/mol. The average molecular weight is 402 g/mol. The fourth-order valence-corrected chi connectivity index (χ4v) is 3.82. The molecule has 1 unspecified atom stereocenters. The number of aromatic nitrogens is 1. The maximum Gasteiger partial charge on any atom is 0.317 e. The maximum absolute atomic E-state index is 12.6. The first kappa shape index (κ1) is 20.0. The first-order valence-electron chi connectivity index (χ1n) is 10.4. The van der Waals surface area contributed by atoms with Gasteiger partial charge in [0, 0.05) is 25.8 Å². The van der Waals surface area contributed by atoms with Crippen LogP contribution in [0.4, 0.5) is 4.79 Å². The highest BCUT2D eigenvalue weighted by atomic mass is 16.5. The van der Waals surface area contributed by atoms with Gasteiger partial charge in [-0.3, -0.25) is 4.98 Å². The predicted octanol–water partition coefficient (Wildman–Crippen LogP) is 4.36. The van der Waals surface area contributed by atoms with E-state index in [4.69, 9.17) is 4.74 Å². The average Bonchev–Trinajstić information content (AvgIpc) is 2.81. The first-order chi connectivity index (χ1) is 14.7. The molecule has 2 amide bonds. The Hall–Kier alpha value is -3.34. The number of urea groups is 1. The van der Waals surface area contributed by atoms with E-state index < -0.39 is 0 Å². The molecule has 1 aromatic heterocycles. The number of rotatable bonds is 6. The summed E-state index contributed by atoms with van der Waals surface area (Å²) in [5, 5.41) is 3.03. The normalized spacial score (nSPS) is 15.2. The summed E-state index contributed by atoms with van der Waals surface area (Å²) in [7, 11) is 1.89. The number of aryl methyl sites for hydroxylation is 1. The molecule has 0 saturated heterocycles. The van der Waals surface area contributed by atoms with Gasteiger partial charge < -0.3 is 15.0 Å². The number of carbonyl (C=O) groups is 1. The van der Waals surface area contributed by atoms with E-state index in [0.29, 0.717) is 13.2 Å². The zero-order chi connectivity index (χ0) is 20.8. The van der Waals surface area contributed by atoms with Crippen molar-refractivity contribution >= 4 is 6.03 Å². The smallest absolute Gasteiger partial charge is 0.317 e. The van der Waals surface area contributed by atoms with Crippen molar-refractivity contribution in [3.05, 3.63) is 95.3 Å². The van der Waals surface area contributed by atoms with Crippen molar-refractivity contribution < 1.29 is 9.53 Å². The number of nitrogens with one attached hydrogen (secondary N) is 1. The molecule has 0 radical (unpaired) electrons. The molecule has 5 nitrogen and oxygen atoms in total. The van der Waals surface area contributed by atoms with Crippen LogP contribution in [0.15, 0.2) is 72.9 Å². The van der Waals surface area contributed by atoms with Crippen molar-refractivity contribution in [1.82, 2.24) is 15.2 Å². The molecule has 2 aromatic carbocycles. The van der Waals surface area contributed by atoms with E-state index in [1.54, 1.807) is 6.20 Å². The number of hydrogen-bond acceptors (Lipinski definition) is 3. The lowest BCUT2D eigenvalue weighted by atomic mass is 9.88. The van der Waals surface area contributed by atoms with E-state index in [2.05, 4.69) is 34.6 Å². The second kappa shape index (κ2) is 9.44. The van der Waals surface area contributed by atoms with Gasteiger partial charge in [0.1, 0.15) is 12.4 Å². The summed E-state index contributed by atoms with van der Waals surface area (Å²) in [6.07, 6.45) is 4.71. The number of likely N-dealkylation sites (N-methyl/N-ethyl adjacent to an activating group) is 1. The van der Waals surface area contributed by atoms with E-state index in [1.165, 1.54) is 11.1 Å². The summed E-state index contributed by atoms with van der Waals surface area (Å²) in [6, 6.07) is 22.3. The molecule has 0 spiro atoms. The molecule has 0 bridgehead atoms. The van der Waals surface area contributed by atoms with E-state index in [-0.39, 0.29) is 12.1 Å². The Balaban J connectivity index is 1.25. The van der Waals surface area contributed by atoms with E-state index in [9.17, 15) is 4.79 Å². The van der Waals surface area contributed by atoms with E-state index >= 15 is 0 Å². The minimum atomic E-state index is -0.0325. The van der Waals surface area contributed by atoms with Gasteiger partial charge in [0.2, 0.25) is 0 Å². The van der Waals surface area contributed by atoms with Gasteiger partial charge in [-0.05, 0) is 60.2 Å². The van der Waals surface area contributed by atoms with Crippen molar-refractivity contribution in [2.24, 2.45) is 0 Å². The Morgan fingerprint density at radius 3 is 2.60 bits per heavy atom. The highest BCUT2D eigenvalue weighted by Gasteiger charge is 2.24. The van der Waals surface area contributed by atoms with Gasteiger partial charge in [-0.15, -0.1) is 0 Å². The van der Waals surface area contributed by atoms with Crippen LogP contribution in [0.3, 0.4) is 0 Å². The highest BCUT2D eigenvalue weighted by molar-refractivity contribution is 5.74. The van der Waals surface area contributed by atoms with Crippen molar-refractivity contribution in [3.63, 3.8) is 0 Å². The standard InChI is InChI=1S/C25H27N3O2/c1-28(23-12-11-20-6-2-3-7-21(20)16-23)25(29)27-17-19-9-13-24(14-10-19)30-18-22-8-4-5-15-26-22/h2-10,13-15,23H,11-12,16-18H2,1H3,(H,27,29). The topological polar surface area (TPSA) is 54.5 Å². The van der Waals surface area contributed by atoms with Crippen LogP contribution in [0.2, 0.25) is 0 Å². The van der Waals surface area contributed by atoms with Gasteiger partial charge in [-0.2, -0.15) is 0 Å². The molecular weight excluding hydrogens is 374 g/mol. The van der Waals surface area contributed by atoms with Crippen LogP contribution in [-0.4, -0.2) is 29.0 Å². The molecule has 154 valence electrons. The molecule has 30 heavy (non-hydrogen) atoms. The number of fused-ring (bicyclic) bond motifs is 1. The SMILES string of the molecule is CN(C(=O)NCc1ccc(OCc2ccccn2)cc1)C1CCc2ccccc2C1. The van der Waals surface area contributed by atoms with Crippen LogP contribution in [0.1, 0.15) is 28.8 Å². The number of carbonyl (C=O) groups excluding carboxylic acids is 1. The summed E-state index contributed by atoms with van der Waals surface area (Å²) < 4.78 is 5.76. The van der Waals surface area contributed by atoms with Crippen LogP contribution in [0, 0.1) is 0 Å². The number of ether oxygens (including phenoxy) is 1. The van der Waals surface area contributed by atoms with Crippen molar-refractivity contribution in [3.8, 4) is 5.75 Å². The zero-order valence-corrected chi connectivity index (χ0v) is 17.3. The second-order valence-electron chi connectivity index (χ2n) is 7.69. The van der Waals surface area contributed by atoms with Gasteiger partial charge >= 0.3 is 6.03 Å². The minimum Gasteiger partial charge on any atom is -0.487 e. The van der Waals surface area contributed by atoms with Gasteiger partial charge in [0.15, 0.2) is 0 Å². The van der Waals surface area contributed by atoms with Crippen LogP contribution in [-0.2, 0) is 26.0 Å². The molecule has 1 aliphatic rings. The molecule has 1 heterocycles. The largest absolute Gasteiger partial charge is 0.487 e. The summed E-state index contributed by atoms with van der Waals surface area (Å²) in [5.41, 5.74) is 4.70. The lowest BCUT2D eigenvalue weighted by Gasteiger charge is -2.32. The molecule has 3 aromatic rings. The molecule has 0 fully saturated rings. The number of benzene rings is 2. The molecule has 1 N–H and O–H groups in total. The summed E-state index contributed by atoms with van der Waals surface area (Å²) in [5.74, 6) is 0.786. The van der Waals surface area contributed by atoms with Gasteiger partial charge in [-0.1, -0.05) is 42.5 Å². The molecular formula is C25H27N3O2. The van der Waals surface area contributed by atoms with Gasteiger partial charge in [-0.25, -0.2) is 4.79 Å². The van der Waals surface area contributed by atoms with Gasteiger partial charge in [0.05, 0.1) is 5.69 Å². The third-order valence-corrected chi connectivity index (χ3v) is 5.67. The lowest BCUT2D eigenvalue weighted by Crippen LogP contribution is -2.45. The van der Waals surface area contributed by atoms with Crippen molar-refractivity contribution in [1.29, 1.82) is 0 Å². The van der Waals surface area contributed by atoms with Crippen molar-refractivity contribution in [2.75, 3.05) is 7.05 Å². The molecule has 0 saturated carbocycles. The fourth-order valence-electron chi connectivity index (χ4n) is 3.82. The fraction of sp³-hybridized carbons (Fsp3) is 0.280. The van der Waals surface area contributed by atoms with Crippen molar-refractivity contribution in [2.45, 2.75) is 38.5 Å². The number of hydrogen-bond donors (Lipinski definition) is 1. The Morgan fingerprint density at radius 2 is 1.83 bits per heavy atom. The number of amides is 2. The summed E-state index contributed by atoms with van der Waals surface area (Å²) in [6.45, 7) is 0.930. The summed E-state index contributed by atoms with van der Waals surface area (Å²) in [4.78, 5) is 18.7. The van der Waals surface area contributed by atoms with Crippen LogP contribution in [0.25, 0.3) is 0 Å². The summed E-state index contributed by atoms with van der Waals surface area (Å²) >= 11 is 0.